The molecule has 1 saturated heterocycles. The highest BCUT2D eigenvalue weighted by molar-refractivity contribution is 6.29. The van der Waals surface area contributed by atoms with Crippen LogP contribution in [0.15, 0.2) is 36.4 Å². The molecular weight excluding hydrogens is 355 g/mol. The smallest absolute Gasteiger partial charge is 0.227 e. The Morgan fingerprint density at radius 1 is 1.27 bits per heavy atom. The second kappa shape index (κ2) is 7.99. The zero-order chi connectivity index (χ0) is 18.7. The van der Waals surface area contributed by atoms with Gasteiger partial charge in [0.2, 0.25) is 5.91 Å². The highest BCUT2D eigenvalue weighted by Gasteiger charge is 2.30. The Morgan fingerprint density at radius 3 is 2.65 bits per heavy atom. The van der Waals surface area contributed by atoms with E-state index in [1.807, 2.05) is 13.0 Å². The van der Waals surface area contributed by atoms with Crippen molar-refractivity contribution >= 4 is 23.3 Å². The van der Waals surface area contributed by atoms with E-state index in [9.17, 15) is 9.18 Å². The number of hydrogen-bond donors (Lipinski definition) is 0. The molecule has 0 bridgehead atoms. The number of piperidine rings is 1. The van der Waals surface area contributed by atoms with Gasteiger partial charge in [0, 0.05) is 20.1 Å². The van der Waals surface area contributed by atoms with Crippen molar-refractivity contribution in [3.05, 3.63) is 52.9 Å². The number of anilines is 1. The summed E-state index contributed by atoms with van der Waals surface area (Å²) >= 11 is 5.80. The van der Waals surface area contributed by atoms with Gasteiger partial charge in [-0.25, -0.2) is 4.39 Å². The van der Waals surface area contributed by atoms with Crippen molar-refractivity contribution in [2.75, 3.05) is 25.0 Å². The van der Waals surface area contributed by atoms with Gasteiger partial charge in [0.15, 0.2) is 11.0 Å². The SMILES string of the molecule is C[C@H](c1ccc(F)cc1)N(C)C(=O)[C@@H]1CCCN(c2ccc(Cl)nn2)C1. The fourth-order valence-corrected chi connectivity index (χ4v) is 3.41. The minimum atomic E-state index is -0.276. The number of rotatable bonds is 4. The number of aromatic nitrogens is 2. The molecule has 1 aliphatic rings. The molecule has 0 aliphatic carbocycles. The first kappa shape index (κ1) is 18.6. The predicted molar refractivity (Wildman–Crippen MR) is 99.6 cm³/mol. The summed E-state index contributed by atoms with van der Waals surface area (Å²) in [7, 11) is 1.80. The summed E-state index contributed by atoms with van der Waals surface area (Å²) in [5.74, 6) is 0.450. The Bertz CT molecular complexity index is 753. The minimum absolute atomic E-state index is 0.0912. The maximum atomic E-state index is 13.1. The Morgan fingerprint density at radius 2 is 2.00 bits per heavy atom. The standard InChI is InChI=1S/C19H22ClFN4O/c1-13(14-5-7-16(21)8-6-14)24(2)19(26)15-4-3-11-25(12-15)18-10-9-17(20)22-23-18/h5-10,13,15H,3-4,11-12H2,1-2H3/t13-,15-/m1/s1. The third kappa shape index (κ3) is 4.12. The molecule has 2 atom stereocenters. The monoisotopic (exact) mass is 376 g/mol. The number of carbonyl (C=O) groups is 1. The molecule has 138 valence electrons. The van der Waals surface area contributed by atoms with Gasteiger partial charge >= 0.3 is 0 Å². The molecule has 2 aromatic rings. The van der Waals surface area contributed by atoms with Crippen LogP contribution in [-0.4, -0.2) is 41.1 Å². The molecule has 7 heteroatoms. The second-order valence-electron chi connectivity index (χ2n) is 6.68. The van der Waals surface area contributed by atoms with Crippen molar-refractivity contribution in [2.45, 2.75) is 25.8 Å². The third-order valence-electron chi connectivity index (χ3n) is 4.99. The zero-order valence-corrected chi connectivity index (χ0v) is 15.7. The Balaban J connectivity index is 1.68. The molecule has 3 rings (SSSR count). The van der Waals surface area contributed by atoms with E-state index in [0.717, 1.165) is 30.8 Å². The molecule has 0 N–H and O–H groups in total. The highest BCUT2D eigenvalue weighted by atomic mass is 35.5. The molecule has 5 nitrogen and oxygen atoms in total. The normalized spacial score (nSPS) is 18.5. The van der Waals surface area contributed by atoms with Crippen LogP contribution in [0.1, 0.15) is 31.4 Å². The second-order valence-corrected chi connectivity index (χ2v) is 7.06. The van der Waals surface area contributed by atoms with Crippen molar-refractivity contribution in [1.82, 2.24) is 15.1 Å². The van der Waals surface area contributed by atoms with E-state index in [1.165, 1.54) is 12.1 Å². The van der Waals surface area contributed by atoms with Gasteiger partial charge in [0.25, 0.3) is 0 Å². The van der Waals surface area contributed by atoms with Crippen LogP contribution in [-0.2, 0) is 4.79 Å². The van der Waals surface area contributed by atoms with Gasteiger partial charge in [-0.3, -0.25) is 4.79 Å². The lowest BCUT2D eigenvalue weighted by Crippen LogP contribution is -2.44. The highest BCUT2D eigenvalue weighted by Crippen LogP contribution is 2.26. The lowest BCUT2D eigenvalue weighted by molar-refractivity contribution is -0.136. The van der Waals surface area contributed by atoms with E-state index in [0.29, 0.717) is 11.7 Å². The first-order chi connectivity index (χ1) is 12.5. The lowest BCUT2D eigenvalue weighted by Gasteiger charge is -2.36. The summed E-state index contributed by atoms with van der Waals surface area (Å²) in [4.78, 5) is 16.8. The first-order valence-corrected chi connectivity index (χ1v) is 9.10. The number of hydrogen-bond acceptors (Lipinski definition) is 4. The molecule has 0 unspecified atom stereocenters. The predicted octanol–water partition coefficient (Wildman–Crippen LogP) is 3.71. The number of halogens is 2. The van der Waals surface area contributed by atoms with Crippen molar-refractivity contribution in [2.24, 2.45) is 5.92 Å². The van der Waals surface area contributed by atoms with Gasteiger partial charge in [-0.2, -0.15) is 0 Å². The van der Waals surface area contributed by atoms with Crippen LogP contribution >= 0.6 is 11.6 Å². The minimum Gasteiger partial charge on any atom is -0.354 e. The van der Waals surface area contributed by atoms with E-state index < -0.39 is 0 Å². The molecule has 2 heterocycles. The quantitative estimate of drug-likeness (QED) is 0.816. The van der Waals surface area contributed by atoms with E-state index in [-0.39, 0.29) is 23.7 Å². The van der Waals surface area contributed by atoms with Gasteiger partial charge in [-0.1, -0.05) is 23.7 Å². The van der Waals surface area contributed by atoms with Crippen molar-refractivity contribution in [3.8, 4) is 0 Å². The van der Waals surface area contributed by atoms with E-state index in [2.05, 4.69) is 15.1 Å². The lowest BCUT2D eigenvalue weighted by atomic mass is 9.95. The molecule has 1 amide bonds. The Kier molecular flexibility index (Phi) is 5.71. The number of benzene rings is 1. The molecule has 0 saturated carbocycles. The maximum absolute atomic E-state index is 13.1. The summed E-state index contributed by atoms with van der Waals surface area (Å²) in [5.41, 5.74) is 0.915. The van der Waals surface area contributed by atoms with Crippen molar-refractivity contribution in [1.29, 1.82) is 0 Å². The van der Waals surface area contributed by atoms with Crippen LogP contribution in [0.3, 0.4) is 0 Å². The van der Waals surface area contributed by atoms with Crippen LogP contribution < -0.4 is 4.90 Å². The van der Waals surface area contributed by atoms with Gasteiger partial charge in [0.05, 0.1) is 12.0 Å². The van der Waals surface area contributed by atoms with Gasteiger partial charge in [-0.05, 0) is 49.6 Å². The Labute approximate surface area is 157 Å². The summed E-state index contributed by atoms with van der Waals surface area (Å²) in [6.07, 6.45) is 1.76. The average molecular weight is 377 g/mol. The van der Waals surface area contributed by atoms with Crippen molar-refractivity contribution < 1.29 is 9.18 Å². The largest absolute Gasteiger partial charge is 0.354 e. The topological polar surface area (TPSA) is 49.3 Å². The third-order valence-corrected chi connectivity index (χ3v) is 5.20. The van der Waals surface area contributed by atoms with Gasteiger partial charge in [0.1, 0.15) is 5.82 Å². The van der Waals surface area contributed by atoms with Crippen molar-refractivity contribution in [3.63, 3.8) is 0 Å². The number of nitrogens with zero attached hydrogens (tertiary/aromatic N) is 4. The maximum Gasteiger partial charge on any atom is 0.227 e. The van der Waals surface area contributed by atoms with Gasteiger partial charge in [-0.15, -0.1) is 10.2 Å². The Hall–Kier alpha value is -2.21. The molecule has 1 aliphatic heterocycles. The van der Waals surface area contributed by atoms with E-state index >= 15 is 0 Å². The zero-order valence-electron chi connectivity index (χ0n) is 14.9. The van der Waals surface area contributed by atoms with Crippen LogP contribution in [0.5, 0.6) is 0 Å². The molecule has 0 spiro atoms. The van der Waals surface area contributed by atoms with Crippen LogP contribution in [0.2, 0.25) is 5.15 Å². The number of carbonyl (C=O) groups excluding carboxylic acids is 1. The van der Waals surface area contributed by atoms with Crippen LogP contribution in [0.4, 0.5) is 10.2 Å². The van der Waals surface area contributed by atoms with Gasteiger partial charge < -0.3 is 9.80 Å². The van der Waals surface area contributed by atoms with Crippen LogP contribution in [0.25, 0.3) is 0 Å². The molecule has 1 fully saturated rings. The summed E-state index contributed by atoms with van der Waals surface area (Å²) in [6, 6.07) is 9.71. The molecule has 1 aromatic carbocycles. The summed E-state index contributed by atoms with van der Waals surface area (Å²) in [6.45, 7) is 3.41. The molecule has 0 radical (unpaired) electrons. The average Bonchev–Trinajstić information content (AvgIpc) is 2.67. The molecule has 1 aromatic heterocycles. The van der Waals surface area contributed by atoms with Crippen LogP contribution in [0, 0.1) is 11.7 Å². The summed E-state index contributed by atoms with van der Waals surface area (Å²) < 4.78 is 13.1. The fourth-order valence-electron chi connectivity index (χ4n) is 3.31. The fraction of sp³-hybridized carbons (Fsp3) is 0.421. The molecule has 26 heavy (non-hydrogen) atoms. The van der Waals surface area contributed by atoms with E-state index in [4.69, 9.17) is 11.6 Å². The summed E-state index contributed by atoms with van der Waals surface area (Å²) in [5, 5.41) is 8.35. The first-order valence-electron chi connectivity index (χ1n) is 8.72. The molecular formula is C19H22ClFN4O. The van der Waals surface area contributed by atoms with E-state index in [1.54, 1.807) is 30.1 Å². The number of amides is 1.